The molecule has 1 rings (SSSR count). The van der Waals surface area contributed by atoms with Gasteiger partial charge in [0.2, 0.25) is 0 Å². The van der Waals surface area contributed by atoms with Gasteiger partial charge in [-0.2, -0.15) is 0 Å². The largest absolute Gasteiger partial charge is 0.496 e. The van der Waals surface area contributed by atoms with E-state index in [-0.39, 0.29) is 5.56 Å². The van der Waals surface area contributed by atoms with Gasteiger partial charge >= 0.3 is 5.97 Å². The summed E-state index contributed by atoms with van der Waals surface area (Å²) in [5.74, 6) is -0.812. The van der Waals surface area contributed by atoms with Crippen LogP contribution in [0.3, 0.4) is 0 Å². The van der Waals surface area contributed by atoms with Crippen molar-refractivity contribution < 1.29 is 19.7 Å². The smallest absolute Gasteiger partial charge is 0.337 e. The summed E-state index contributed by atoms with van der Waals surface area (Å²) in [4.78, 5) is 10.7. The van der Waals surface area contributed by atoms with Gasteiger partial charge < -0.3 is 14.9 Å². The van der Waals surface area contributed by atoms with Crippen LogP contribution in [0.4, 0.5) is 0 Å². The van der Waals surface area contributed by atoms with Crippen molar-refractivity contribution in [2.24, 2.45) is 0 Å². The molecule has 16 heavy (non-hydrogen) atoms. The lowest BCUT2D eigenvalue weighted by Gasteiger charge is -2.16. The Labute approximate surface area is 98.4 Å². The molecule has 0 spiro atoms. The Hall–Kier alpha value is -1.26. The summed E-state index contributed by atoms with van der Waals surface area (Å²) in [6, 6.07) is 1.45. The van der Waals surface area contributed by atoms with Crippen LogP contribution in [0.1, 0.15) is 22.8 Å². The van der Waals surface area contributed by atoms with Crippen LogP contribution in [0.25, 0.3) is 0 Å². The van der Waals surface area contributed by atoms with Crippen molar-refractivity contribution in [1.29, 1.82) is 0 Å². The highest BCUT2D eigenvalue weighted by atomic mass is 35.5. The molecule has 1 aromatic carbocycles. The Morgan fingerprint density at radius 1 is 1.44 bits per heavy atom. The van der Waals surface area contributed by atoms with Gasteiger partial charge in [0.15, 0.2) is 6.10 Å². The number of aliphatic hydroxyl groups excluding tert-OH is 1. The van der Waals surface area contributed by atoms with E-state index in [1.165, 1.54) is 13.2 Å². The second kappa shape index (κ2) is 4.72. The van der Waals surface area contributed by atoms with Crippen LogP contribution in [-0.4, -0.2) is 23.3 Å². The van der Waals surface area contributed by atoms with Gasteiger partial charge in [-0.15, -0.1) is 0 Å². The normalized spacial score (nSPS) is 12.3. The number of methoxy groups -OCH3 is 1. The highest BCUT2D eigenvalue weighted by Gasteiger charge is 2.22. The van der Waals surface area contributed by atoms with E-state index in [2.05, 4.69) is 0 Å². The van der Waals surface area contributed by atoms with Crippen LogP contribution >= 0.6 is 11.6 Å². The minimum atomic E-state index is -1.59. The second-order valence-corrected chi connectivity index (χ2v) is 3.88. The molecule has 4 nitrogen and oxygen atoms in total. The minimum Gasteiger partial charge on any atom is -0.496 e. The summed E-state index contributed by atoms with van der Waals surface area (Å²) in [7, 11) is 1.47. The van der Waals surface area contributed by atoms with E-state index < -0.39 is 12.1 Å². The van der Waals surface area contributed by atoms with E-state index >= 15 is 0 Å². The van der Waals surface area contributed by atoms with Crippen LogP contribution in [0, 0.1) is 13.8 Å². The zero-order valence-electron chi connectivity index (χ0n) is 9.24. The molecule has 0 aliphatic rings. The van der Waals surface area contributed by atoms with Crippen LogP contribution in [0.2, 0.25) is 5.02 Å². The lowest BCUT2D eigenvalue weighted by Crippen LogP contribution is -2.12. The van der Waals surface area contributed by atoms with Gasteiger partial charge in [0.05, 0.1) is 7.11 Å². The molecule has 0 bridgehead atoms. The van der Waals surface area contributed by atoms with Crippen molar-refractivity contribution in [2.75, 3.05) is 7.11 Å². The fourth-order valence-electron chi connectivity index (χ4n) is 1.60. The Morgan fingerprint density at radius 2 is 2.00 bits per heavy atom. The van der Waals surface area contributed by atoms with Crippen molar-refractivity contribution in [3.05, 3.63) is 27.8 Å². The van der Waals surface area contributed by atoms with Crippen LogP contribution < -0.4 is 4.74 Å². The first-order valence-corrected chi connectivity index (χ1v) is 5.02. The summed E-state index contributed by atoms with van der Waals surface area (Å²) in [5.41, 5.74) is 1.56. The number of carboxylic acids is 1. The molecule has 0 aliphatic carbocycles. The average Bonchev–Trinajstić information content (AvgIpc) is 2.23. The molecule has 2 N–H and O–H groups in total. The third kappa shape index (κ3) is 2.13. The van der Waals surface area contributed by atoms with Crippen molar-refractivity contribution >= 4 is 17.6 Å². The fourth-order valence-corrected chi connectivity index (χ4v) is 1.80. The lowest BCUT2D eigenvalue weighted by atomic mass is 9.99. The molecule has 0 aliphatic heterocycles. The van der Waals surface area contributed by atoms with Crippen LogP contribution in [-0.2, 0) is 4.79 Å². The van der Waals surface area contributed by atoms with E-state index in [1.54, 1.807) is 13.8 Å². The maximum Gasteiger partial charge on any atom is 0.337 e. The van der Waals surface area contributed by atoms with E-state index in [1.807, 2.05) is 0 Å². The predicted octanol–water partition coefficient (Wildman–Crippen LogP) is 2.08. The highest BCUT2D eigenvalue weighted by Crippen LogP contribution is 2.34. The lowest BCUT2D eigenvalue weighted by molar-refractivity contribution is -0.147. The Kier molecular flexibility index (Phi) is 3.78. The molecule has 0 radical (unpaired) electrons. The molecule has 1 aromatic rings. The molecule has 1 atom stereocenters. The number of halogens is 1. The number of benzene rings is 1. The SMILES string of the molecule is COc1c(C)c(Cl)cc(C(O)C(=O)O)c1C. The topological polar surface area (TPSA) is 66.8 Å². The van der Waals surface area contributed by atoms with Crippen molar-refractivity contribution in [3.63, 3.8) is 0 Å². The molecule has 1 unspecified atom stereocenters. The first-order chi connectivity index (χ1) is 7.40. The van der Waals surface area contributed by atoms with Crippen molar-refractivity contribution in [2.45, 2.75) is 20.0 Å². The van der Waals surface area contributed by atoms with Crippen molar-refractivity contribution in [3.8, 4) is 5.75 Å². The van der Waals surface area contributed by atoms with Gasteiger partial charge in [0.25, 0.3) is 0 Å². The molecular formula is C11H13ClO4. The maximum absolute atomic E-state index is 10.7. The Bertz CT molecular complexity index is 428. The monoisotopic (exact) mass is 244 g/mol. The molecular weight excluding hydrogens is 232 g/mol. The molecule has 88 valence electrons. The number of aliphatic carboxylic acids is 1. The number of aliphatic hydroxyl groups is 1. The zero-order valence-corrected chi connectivity index (χ0v) is 10.00. The number of rotatable bonds is 3. The number of ether oxygens (including phenoxy) is 1. The molecule has 0 aromatic heterocycles. The molecule has 0 heterocycles. The summed E-state index contributed by atoms with van der Waals surface area (Å²) in [6.07, 6.45) is -1.59. The number of carboxylic acid groups (broad SMARTS) is 1. The second-order valence-electron chi connectivity index (χ2n) is 3.47. The van der Waals surface area contributed by atoms with Gasteiger partial charge in [-0.05, 0) is 31.0 Å². The van der Waals surface area contributed by atoms with Crippen LogP contribution in [0.15, 0.2) is 6.07 Å². The number of hydrogen-bond acceptors (Lipinski definition) is 3. The van der Waals surface area contributed by atoms with Gasteiger partial charge in [0.1, 0.15) is 5.75 Å². The summed E-state index contributed by atoms with van der Waals surface area (Å²) < 4.78 is 5.14. The molecule has 0 saturated heterocycles. The third-order valence-electron chi connectivity index (χ3n) is 2.49. The predicted molar refractivity (Wildman–Crippen MR) is 60.1 cm³/mol. The molecule has 0 saturated carbocycles. The Morgan fingerprint density at radius 3 is 2.44 bits per heavy atom. The van der Waals surface area contributed by atoms with Crippen LogP contribution in [0.5, 0.6) is 5.75 Å². The number of hydrogen-bond donors (Lipinski definition) is 2. The average molecular weight is 245 g/mol. The highest BCUT2D eigenvalue weighted by molar-refractivity contribution is 6.31. The Balaban J connectivity index is 3.42. The standard InChI is InChI=1S/C11H13ClO4/c1-5-7(9(13)11(14)15)4-8(12)6(2)10(5)16-3/h4,9,13H,1-3H3,(H,14,15). The summed E-state index contributed by atoms with van der Waals surface area (Å²) >= 11 is 5.93. The first-order valence-electron chi connectivity index (χ1n) is 4.64. The fraction of sp³-hybridized carbons (Fsp3) is 0.364. The van der Waals surface area contributed by atoms with E-state index in [4.69, 9.17) is 21.4 Å². The number of carbonyl (C=O) groups is 1. The molecule has 0 amide bonds. The quantitative estimate of drug-likeness (QED) is 0.854. The van der Waals surface area contributed by atoms with Crippen molar-refractivity contribution in [1.82, 2.24) is 0 Å². The first kappa shape index (κ1) is 12.8. The summed E-state index contributed by atoms with van der Waals surface area (Å²) in [5, 5.41) is 18.6. The van der Waals surface area contributed by atoms with Gasteiger partial charge in [-0.1, -0.05) is 11.6 Å². The van der Waals surface area contributed by atoms with Gasteiger partial charge in [-0.3, -0.25) is 0 Å². The van der Waals surface area contributed by atoms with E-state index in [0.29, 0.717) is 16.3 Å². The van der Waals surface area contributed by atoms with Gasteiger partial charge in [0, 0.05) is 10.6 Å². The third-order valence-corrected chi connectivity index (χ3v) is 2.88. The van der Waals surface area contributed by atoms with E-state index in [0.717, 1.165) is 5.56 Å². The van der Waals surface area contributed by atoms with E-state index in [9.17, 15) is 9.90 Å². The maximum atomic E-state index is 10.7. The zero-order chi connectivity index (χ0) is 12.5. The minimum absolute atomic E-state index is 0.250. The van der Waals surface area contributed by atoms with Gasteiger partial charge in [-0.25, -0.2) is 4.79 Å². The molecule has 0 fully saturated rings. The summed E-state index contributed by atoms with van der Waals surface area (Å²) in [6.45, 7) is 3.45. The molecule has 5 heteroatoms.